The van der Waals surface area contributed by atoms with Crippen LogP contribution < -0.4 is 5.73 Å². The van der Waals surface area contributed by atoms with Crippen molar-refractivity contribution in [3.63, 3.8) is 0 Å². The third kappa shape index (κ3) is 3.85. The van der Waals surface area contributed by atoms with Crippen molar-refractivity contribution in [1.82, 2.24) is 0 Å². The van der Waals surface area contributed by atoms with E-state index in [0.717, 1.165) is 19.4 Å². The molecule has 10 heavy (non-hydrogen) atoms. The summed E-state index contributed by atoms with van der Waals surface area (Å²) in [7, 11) is 0. The topological polar surface area (TPSA) is 35.2 Å². The standard InChI is InChI=1S/C8H19NO/c1-4-6-8(9)7(3)10-5-2/h7-8H,4-6,9H2,1-3H3. The molecule has 0 amide bonds. The fourth-order valence-corrected chi connectivity index (χ4v) is 0.955. The Labute approximate surface area is 63.7 Å². The third-order valence-corrected chi connectivity index (χ3v) is 1.65. The first kappa shape index (κ1) is 9.92. The Kier molecular flexibility index (Phi) is 5.64. The molecule has 0 aromatic rings. The van der Waals surface area contributed by atoms with Crippen LogP contribution in [0.4, 0.5) is 0 Å². The van der Waals surface area contributed by atoms with Crippen molar-refractivity contribution in [3.05, 3.63) is 0 Å². The summed E-state index contributed by atoms with van der Waals surface area (Å²) in [5.74, 6) is 0. The molecule has 0 aliphatic rings. The molecule has 0 radical (unpaired) electrons. The Hall–Kier alpha value is -0.0800. The molecule has 0 spiro atoms. The van der Waals surface area contributed by atoms with Crippen LogP contribution in [-0.2, 0) is 4.74 Å². The first-order valence-corrected chi connectivity index (χ1v) is 4.09. The fourth-order valence-electron chi connectivity index (χ4n) is 0.955. The van der Waals surface area contributed by atoms with Crippen LogP contribution in [0.3, 0.4) is 0 Å². The van der Waals surface area contributed by atoms with Crippen LogP contribution in [-0.4, -0.2) is 18.8 Å². The summed E-state index contributed by atoms with van der Waals surface area (Å²) in [4.78, 5) is 0. The maximum atomic E-state index is 5.79. The lowest BCUT2D eigenvalue weighted by Gasteiger charge is -2.18. The van der Waals surface area contributed by atoms with Crippen LogP contribution in [0.15, 0.2) is 0 Å². The van der Waals surface area contributed by atoms with Crippen molar-refractivity contribution in [2.45, 2.75) is 45.8 Å². The highest BCUT2D eigenvalue weighted by Crippen LogP contribution is 2.02. The van der Waals surface area contributed by atoms with Gasteiger partial charge < -0.3 is 10.5 Å². The van der Waals surface area contributed by atoms with Crippen LogP contribution in [0.25, 0.3) is 0 Å². The molecule has 2 N–H and O–H groups in total. The number of ether oxygens (including phenoxy) is 1. The molecular weight excluding hydrogens is 126 g/mol. The van der Waals surface area contributed by atoms with Gasteiger partial charge in [-0.1, -0.05) is 13.3 Å². The number of hydrogen-bond donors (Lipinski definition) is 1. The molecule has 0 bridgehead atoms. The minimum atomic E-state index is 0.213. The van der Waals surface area contributed by atoms with Crippen molar-refractivity contribution in [2.24, 2.45) is 5.73 Å². The Morgan fingerprint density at radius 3 is 2.40 bits per heavy atom. The van der Waals surface area contributed by atoms with Crippen molar-refractivity contribution < 1.29 is 4.74 Å². The average molecular weight is 145 g/mol. The molecule has 0 aliphatic carbocycles. The fraction of sp³-hybridized carbons (Fsp3) is 1.00. The maximum Gasteiger partial charge on any atom is 0.0697 e. The molecule has 2 unspecified atom stereocenters. The summed E-state index contributed by atoms with van der Waals surface area (Å²) in [5.41, 5.74) is 5.79. The van der Waals surface area contributed by atoms with Gasteiger partial charge in [0.2, 0.25) is 0 Å². The molecule has 2 atom stereocenters. The van der Waals surface area contributed by atoms with E-state index >= 15 is 0 Å². The zero-order chi connectivity index (χ0) is 7.98. The van der Waals surface area contributed by atoms with Gasteiger partial charge in [0.05, 0.1) is 6.10 Å². The molecule has 0 saturated heterocycles. The van der Waals surface area contributed by atoms with E-state index in [2.05, 4.69) is 6.92 Å². The van der Waals surface area contributed by atoms with E-state index in [9.17, 15) is 0 Å². The quantitative estimate of drug-likeness (QED) is 0.637. The predicted octanol–water partition coefficient (Wildman–Crippen LogP) is 1.54. The molecule has 0 heterocycles. The Balaban J connectivity index is 3.38. The van der Waals surface area contributed by atoms with Gasteiger partial charge in [-0.2, -0.15) is 0 Å². The van der Waals surface area contributed by atoms with Crippen LogP contribution in [0.2, 0.25) is 0 Å². The zero-order valence-electron chi connectivity index (χ0n) is 7.26. The lowest BCUT2D eigenvalue weighted by Crippen LogP contribution is -2.34. The second-order valence-electron chi connectivity index (χ2n) is 2.61. The van der Waals surface area contributed by atoms with E-state index in [4.69, 9.17) is 10.5 Å². The summed E-state index contributed by atoms with van der Waals surface area (Å²) in [6.45, 7) is 6.93. The molecule has 62 valence electrons. The van der Waals surface area contributed by atoms with Gasteiger partial charge in [0.1, 0.15) is 0 Å². The second kappa shape index (κ2) is 5.69. The van der Waals surface area contributed by atoms with Crippen molar-refractivity contribution in [1.29, 1.82) is 0 Å². The Morgan fingerprint density at radius 1 is 1.40 bits per heavy atom. The Bertz CT molecular complexity index is 65.7. The lowest BCUT2D eigenvalue weighted by atomic mass is 10.1. The van der Waals surface area contributed by atoms with Gasteiger partial charge in [0.15, 0.2) is 0 Å². The number of hydrogen-bond acceptors (Lipinski definition) is 2. The van der Waals surface area contributed by atoms with Gasteiger partial charge >= 0.3 is 0 Å². The summed E-state index contributed by atoms with van der Waals surface area (Å²) >= 11 is 0. The third-order valence-electron chi connectivity index (χ3n) is 1.65. The van der Waals surface area contributed by atoms with E-state index in [1.165, 1.54) is 0 Å². The van der Waals surface area contributed by atoms with Gasteiger partial charge in [0.25, 0.3) is 0 Å². The minimum absolute atomic E-state index is 0.213. The van der Waals surface area contributed by atoms with Crippen molar-refractivity contribution in [3.8, 4) is 0 Å². The lowest BCUT2D eigenvalue weighted by molar-refractivity contribution is 0.0554. The predicted molar refractivity (Wildman–Crippen MR) is 44.0 cm³/mol. The first-order valence-electron chi connectivity index (χ1n) is 4.09. The summed E-state index contributed by atoms with van der Waals surface area (Å²) in [6.07, 6.45) is 2.41. The largest absolute Gasteiger partial charge is 0.377 e. The van der Waals surface area contributed by atoms with E-state index < -0.39 is 0 Å². The minimum Gasteiger partial charge on any atom is -0.377 e. The highest BCUT2D eigenvalue weighted by Gasteiger charge is 2.10. The van der Waals surface area contributed by atoms with E-state index in [-0.39, 0.29) is 12.1 Å². The van der Waals surface area contributed by atoms with Crippen LogP contribution in [0.1, 0.15) is 33.6 Å². The first-order chi connectivity index (χ1) is 4.72. The maximum absolute atomic E-state index is 5.79. The van der Waals surface area contributed by atoms with E-state index in [1.807, 2.05) is 13.8 Å². The van der Waals surface area contributed by atoms with Gasteiger partial charge in [-0.3, -0.25) is 0 Å². The molecule has 0 rings (SSSR count). The summed E-state index contributed by atoms with van der Waals surface area (Å²) < 4.78 is 5.33. The van der Waals surface area contributed by atoms with E-state index in [0.29, 0.717) is 0 Å². The summed E-state index contributed by atoms with van der Waals surface area (Å²) in [6, 6.07) is 0.213. The molecule has 2 nitrogen and oxygen atoms in total. The summed E-state index contributed by atoms with van der Waals surface area (Å²) in [5, 5.41) is 0. The van der Waals surface area contributed by atoms with Gasteiger partial charge in [-0.15, -0.1) is 0 Å². The van der Waals surface area contributed by atoms with E-state index in [1.54, 1.807) is 0 Å². The Morgan fingerprint density at radius 2 is 2.00 bits per heavy atom. The van der Waals surface area contributed by atoms with Crippen LogP contribution in [0, 0.1) is 0 Å². The number of rotatable bonds is 5. The van der Waals surface area contributed by atoms with Gasteiger partial charge in [-0.25, -0.2) is 0 Å². The molecular formula is C8H19NO. The smallest absolute Gasteiger partial charge is 0.0697 e. The average Bonchev–Trinajstić information content (AvgIpc) is 1.89. The zero-order valence-corrected chi connectivity index (χ0v) is 7.26. The highest BCUT2D eigenvalue weighted by molar-refractivity contribution is 4.67. The molecule has 0 aromatic carbocycles. The molecule has 0 fully saturated rings. The molecule has 0 aromatic heterocycles. The van der Waals surface area contributed by atoms with Crippen LogP contribution >= 0.6 is 0 Å². The monoisotopic (exact) mass is 145 g/mol. The molecule has 0 aliphatic heterocycles. The number of nitrogens with two attached hydrogens (primary N) is 1. The van der Waals surface area contributed by atoms with Crippen molar-refractivity contribution >= 4 is 0 Å². The second-order valence-corrected chi connectivity index (χ2v) is 2.61. The molecule has 0 saturated carbocycles. The molecule has 2 heteroatoms. The normalized spacial score (nSPS) is 16.8. The SMILES string of the molecule is CCCC(N)C(C)OCC. The highest BCUT2D eigenvalue weighted by atomic mass is 16.5. The van der Waals surface area contributed by atoms with Gasteiger partial charge in [-0.05, 0) is 20.3 Å². The van der Waals surface area contributed by atoms with Gasteiger partial charge in [0, 0.05) is 12.6 Å². The van der Waals surface area contributed by atoms with Crippen LogP contribution in [0.5, 0.6) is 0 Å². The van der Waals surface area contributed by atoms with Crippen molar-refractivity contribution in [2.75, 3.05) is 6.61 Å².